The van der Waals surface area contributed by atoms with Crippen LogP contribution in [0.25, 0.3) is 0 Å². The summed E-state index contributed by atoms with van der Waals surface area (Å²) in [6.07, 6.45) is 6.87. The van der Waals surface area contributed by atoms with Crippen LogP contribution in [-0.4, -0.2) is 94.5 Å². The molecule has 0 radical (unpaired) electrons. The summed E-state index contributed by atoms with van der Waals surface area (Å²) >= 11 is 0. The summed E-state index contributed by atoms with van der Waals surface area (Å²) in [6, 6.07) is 2.14. The number of unbranched alkanes of at least 4 members (excludes halogenated alkanes) is 4. The van der Waals surface area contributed by atoms with E-state index in [0.717, 1.165) is 110 Å². The average molecular weight is 538 g/mol. The Bertz CT molecular complexity index is 412. The molecule has 0 aliphatic heterocycles. The van der Waals surface area contributed by atoms with Gasteiger partial charge in [-0.05, 0) is 72.3 Å². The zero-order chi connectivity index (χ0) is 26.3. The molecule has 0 saturated carbocycles. The SMILES string of the molecule is CCO[Si](C)(CCCCCOCCN(CC)CCOCCCCC[Si](C)(OCC)OCC)OCC. The average Bonchev–Trinajstić information content (AvgIpc) is 2.81. The molecule has 0 amide bonds. The lowest BCUT2D eigenvalue weighted by Crippen LogP contribution is -2.38. The largest absolute Gasteiger partial charge is 0.395 e. The molecule has 0 rings (SSSR count). The Morgan fingerprint density at radius 2 is 0.857 bits per heavy atom. The van der Waals surface area contributed by atoms with Crippen molar-refractivity contribution in [2.45, 2.75) is 98.3 Å². The van der Waals surface area contributed by atoms with Crippen LogP contribution in [-0.2, 0) is 27.2 Å². The van der Waals surface area contributed by atoms with Crippen LogP contribution in [0.15, 0.2) is 0 Å². The van der Waals surface area contributed by atoms with Gasteiger partial charge in [-0.15, -0.1) is 0 Å². The van der Waals surface area contributed by atoms with Crippen LogP contribution < -0.4 is 0 Å². The molecule has 7 nitrogen and oxygen atoms in total. The second kappa shape index (κ2) is 23.3. The van der Waals surface area contributed by atoms with Crippen molar-refractivity contribution in [1.29, 1.82) is 0 Å². The molecule has 0 spiro atoms. The number of ether oxygens (including phenoxy) is 2. The van der Waals surface area contributed by atoms with Gasteiger partial charge < -0.3 is 27.2 Å². The maximum absolute atomic E-state index is 5.91. The Balaban J connectivity index is 3.69. The van der Waals surface area contributed by atoms with Crippen molar-refractivity contribution < 1.29 is 27.2 Å². The van der Waals surface area contributed by atoms with E-state index in [4.69, 9.17) is 27.2 Å². The Labute approximate surface area is 220 Å². The highest BCUT2D eigenvalue weighted by Crippen LogP contribution is 2.19. The Morgan fingerprint density at radius 3 is 1.17 bits per heavy atom. The summed E-state index contributed by atoms with van der Waals surface area (Å²) in [7, 11) is -3.91. The van der Waals surface area contributed by atoms with E-state index in [1.54, 1.807) is 0 Å². The molecule has 0 atom stereocenters. The molecule has 0 aliphatic rings. The standard InChI is InChI=1S/C26H59NO6Si2/c1-8-27(19-23-28-21-15-13-17-25-34(6,30-9-2)31-10-3)20-24-29-22-16-14-18-26-35(7,32-11-4)33-12-5/h8-26H2,1-7H3. The predicted octanol–water partition coefficient (Wildman–Crippen LogP) is 5.97. The third-order valence-corrected chi connectivity index (χ3v) is 12.3. The second-order valence-corrected chi connectivity index (χ2v) is 16.0. The van der Waals surface area contributed by atoms with Gasteiger partial charge >= 0.3 is 17.1 Å². The quantitative estimate of drug-likeness (QED) is 0.0944. The first-order valence-corrected chi connectivity index (χ1v) is 19.4. The fourth-order valence-electron chi connectivity index (χ4n) is 4.27. The summed E-state index contributed by atoms with van der Waals surface area (Å²) in [6.45, 7) is 24.0. The number of hydrogen-bond donors (Lipinski definition) is 0. The zero-order valence-corrected chi connectivity index (χ0v) is 26.3. The molecule has 35 heavy (non-hydrogen) atoms. The molecule has 0 aromatic carbocycles. The lowest BCUT2D eigenvalue weighted by molar-refractivity contribution is 0.0741. The van der Waals surface area contributed by atoms with E-state index < -0.39 is 17.1 Å². The minimum Gasteiger partial charge on any atom is -0.395 e. The molecule has 0 unspecified atom stereocenters. The van der Waals surface area contributed by atoms with Crippen molar-refractivity contribution >= 4 is 17.1 Å². The zero-order valence-electron chi connectivity index (χ0n) is 24.3. The second-order valence-electron chi connectivity index (χ2n) is 9.28. The highest BCUT2D eigenvalue weighted by molar-refractivity contribution is 6.66. The Hall–Kier alpha value is 0.154. The Kier molecular flexibility index (Phi) is 23.4. The maximum Gasteiger partial charge on any atom is 0.334 e. The van der Waals surface area contributed by atoms with Gasteiger partial charge in [0.05, 0.1) is 13.2 Å². The van der Waals surface area contributed by atoms with E-state index in [0.29, 0.717) is 0 Å². The highest BCUT2D eigenvalue weighted by atomic mass is 28.4. The van der Waals surface area contributed by atoms with Gasteiger partial charge in [0, 0.05) is 52.7 Å². The highest BCUT2D eigenvalue weighted by Gasteiger charge is 2.30. The smallest absolute Gasteiger partial charge is 0.334 e. The van der Waals surface area contributed by atoms with Crippen LogP contribution >= 0.6 is 0 Å². The molecule has 9 heteroatoms. The monoisotopic (exact) mass is 537 g/mol. The molecule has 0 aromatic rings. The van der Waals surface area contributed by atoms with Crippen molar-refractivity contribution in [2.75, 3.05) is 72.5 Å². The van der Waals surface area contributed by atoms with E-state index in [9.17, 15) is 0 Å². The first-order chi connectivity index (χ1) is 16.9. The van der Waals surface area contributed by atoms with Gasteiger partial charge in [-0.2, -0.15) is 0 Å². The minimum absolute atomic E-state index is 0.746. The molecule has 0 N–H and O–H groups in total. The van der Waals surface area contributed by atoms with Gasteiger partial charge in [0.1, 0.15) is 0 Å². The van der Waals surface area contributed by atoms with Gasteiger partial charge in [0.15, 0.2) is 0 Å². The van der Waals surface area contributed by atoms with Crippen molar-refractivity contribution in [3.8, 4) is 0 Å². The molecular weight excluding hydrogens is 478 g/mol. The first kappa shape index (κ1) is 35.2. The van der Waals surface area contributed by atoms with Crippen LogP contribution in [0.1, 0.15) is 73.1 Å². The summed E-state index contributed by atoms with van der Waals surface area (Å²) in [4.78, 5) is 2.41. The summed E-state index contributed by atoms with van der Waals surface area (Å²) in [5.74, 6) is 0. The van der Waals surface area contributed by atoms with Gasteiger partial charge in [0.25, 0.3) is 0 Å². The third kappa shape index (κ3) is 19.9. The lowest BCUT2D eigenvalue weighted by Gasteiger charge is -2.25. The topological polar surface area (TPSA) is 58.6 Å². The summed E-state index contributed by atoms with van der Waals surface area (Å²) in [5, 5.41) is 0. The van der Waals surface area contributed by atoms with E-state index in [1.807, 2.05) is 0 Å². The van der Waals surface area contributed by atoms with Crippen molar-refractivity contribution in [2.24, 2.45) is 0 Å². The van der Waals surface area contributed by atoms with E-state index in [1.165, 1.54) is 12.8 Å². The van der Waals surface area contributed by atoms with E-state index in [-0.39, 0.29) is 0 Å². The van der Waals surface area contributed by atoms with Crippen molar-refractivity contribution in [3.63, 3.8) is 0 Å². The number of rotatable bonds is 27. The van der Waals surface area contributed by atoms with Crippen LogP contribution in [0.2, 0.25) is 25.2 Å². The predicted molar refractivity (Wildman–Crippen MR) is 151 cm³/mol. The minimum atomic E-state index is -1.95. The van der Waals surface area contributed by atoms with Crippen LogP contribution in [0.4, 0.5) is 0 Å². The van der Waals surface area contributed by atoms with Gasteiger partial charge in [0.2, 0.25) is 0 Å². The van der Waals surface area contributed by atoms with Gasteiger partial charge in [-0.1, -0.05) is 32.6 Å². The fourth-order valence-corrected chi connectivity index (χ4v) is 9.24. The molecule has 212 valence electrons. The van der Waals surface area contributed by atoms with Crippen LogP contribution in [0.3, 0.4) is 0 Å². The molecule has 0 bridgehead atoms. The van der Waals surface area contributed by atoms with Gasteiger partial charge in [-0.3, -0.25) is 4.90 Å². The lowest BCUT2D eigenvalue weighted by atomic mass is 10.3. The van der Waals surface area contributed by atoms with E-state index in [2.05, 4.69) is 52.6 Å². The molecular formula is C26H59NO6Si2. The molecule has 0 fully saturated rings. The maximum atomic E-state index is 5.91. The Morgan fingerprint density at radius 1 is 0.486 bits per heavy atom. The number of likely N-dealkylation sites (N-methyl/N-ethyl adjacent to an activating group) is 1. The molecule has 0 heterocycles. The normalized spacial score (nSPS) is 12.7. The van der Waals surface area contributed by atoms with E-state index >= 15 is 0 Å². The molecule has 0 aliphatic carbocycles. The first-order valence-electron chi connectivity index (χ1n) is 14.3. The molecule has 0 aromatic heterocycles. The number of hydrogen-bond acceptors (Lipinski definition) is 7. The van der Waals surface area contributed by atoms with Crippen molar-refractivity contribution in [3.05, 3.63) is 0 Å². The molecule has 0 saturated heterocycles. The third-order valence-electron chi connectivity index (χ3n) is 6.19. The number of nitrogens with zero attached hydrogens (tertiary/aromatic N) is 1. The van der Waals surface area contributed by atoms with Crippen LogP contribution in [0, 0.1) is 0 Å². The van der Waals surface area contributed by atoms with Crippen LogP contribution in [0.5, 0.6) is 0 Å². The summed E-state index contributed by atoms with van der Waals surface area (Å²) < 4.78 is 35.4. The summed E-state index contributed by atoms with van der Waals surface area (Å²) in [5.41, 5.74) is 0. The van der Waals surface area contributed by atoms with Crippen molar-refractivity contribution in [1.82, 2.24) is 4.90 Å². The van der Waals surface area contributed by atoms with Gasteiger partial charge in [-0.25, -0.2) is 0 Å². The fraction of sp³-hybridized carbons (Fsp3) is 1.00.